The highest BCUT2D eigenvalue weighted by Crippen LogP contribution is 2.27. The van der Waals surface area contributed by atoms with Crippen molar-refractivity contribution in [2.24, 2.45) is 5.92 Å². The summed E-state index contributed by atoms with van der Waals surface area (Å²) in [4.78, 5) is 0. The van der Waals surface area contributed by atoms with E-state index in [1.165, 1.54) is 29.5 Å². The number of hydrogen-bond donors (Lipinski definition) is 1. The molecule has 0 heterocycles. The van der Waals surface area contributed by atoms with Crippen LogP contribution in [0.25, 0.3) is 0 Å². The normalized spacial score (nSPS) is 14.6. The van der Waals surface area contributed by atoms with Gasteiger partial charge in [0.2, 0.25) is 0 Å². The molecule has 0 radical (unpaired) electrons. The van der Waals surface area contributed by atoms with Crippen molar-refractivity contribution >= 4 is 0 Å². The molecule has 0 saturated carbocycles. The largest absolute Gasteiger partial charge is 0.310 e. The van der Waals surface area contributed by atoms with Crippen molar-refractivity contribution in [3.05, 3.63) is 34.9 Å². The lowest BCUT2D eigenvalue weighted by atomic mass is 9.89. The monoisotopic (exact) mass is 233 g/mol. The maximum atomic E-state index is 3.64. The zero-order valence-electron chi connectivity index (χ0n) is 12.0. The Balaban J connectivity index is 2.95. The lowest BCUT2D eigenvalue weighted by molar-refractivity contribution is 0.369. The molecule has 1 N–H and O–H groups in total. The van der Waals surface area contributed by atoms with Crippen molar-refractivity contribution in [3.8, 4) is 0 Å². The SMILES string of the molecule is CCCC(C)C(NCC)c1cc(C)cc(C)c1. The standard InChI is InChI=1S/C16H27N/c1-6-8-14(5)16(17-7-2)15-10-12(3)9-13(4)11-15/h9-11,14,16-17H,6-8H2,1-5H3. The predicted octanol–water partition coefficient (Wildman–Crippen LogP) is 4.39. The van der Waals surface area contributed by atoms with Gasteiger partial charge < -0.3 is 5.32 Å². The topological polar surface area (TPSA) is 12.0 Å². The summed E-state index contributed by atoms with van der Waals surface area (Å²) in [5.41, 5.74) is 4.18. The highest BCUT2D eigenvalue weighted by Gasteiger charge is 2.17. The van der Waals surface area contributed by atoms with E-state index in [9.17, 15) is 0 Å². The van der Waals surface area contributed by atoms with Gasteiger partial charge in [-0.15, -0.1) is 0 Å². The molecule has 17 heavy (non-hydrogen) atoms. The molecule has 0 amide bonds. The van der Waals surface area contributed by atoms with Gasteiger partial charge in [0.05, 0.1) is 0 Å². The zero-order chi connectivity index (χ0) is 12.8. The molecule has 0 bridgehead atoms. The fourth-order valence-corrected chi connectivity index (χ4v) is 2.68. The maximum absolute atomic E-state index is 3.64. The van der Waals surface area contributed by atoms with Gasteiger partial charge in [0.1, 0.15) is 0 Å². The first-order valence-corrected chi connectivity index (χ1v) is 6.90. The Bertz CT molecular complexity index is 323. The Morgan fingerprint density at radius 2 is 1.65 bits per heavy atom. The van der Waals surface area contributed by atoms with Gasteiger partial charge in [-0.1, -0.05) is 56.5 Å². The fraction of sp³-hybridized carbons (Fsp3) is 0.625. The van der Waals surface area contributed by atoms with Gasteiger partial charge >= 0.3 is 0 Å². The first-order chi connectivity index (χ1) is 8.08. The van der Waals surface area contributed by atoms with E-state index in [4.69, 9.17) is 0 Å². The van der Waals surface area contributed by atoms with Crippen LogP contribution in [-0.2, 0) is 0 Å². The molecule has 0 spiro atoms. The molecular formula is C16H27N. The van der Waals surface area contributed by atoms with Crippen LogP contribution in [0.15, 0.2) is 18.2 Å². The Hall–Kier alpha value is -0.820. The van der Waals surface area contributed by atoms with Crippen molar-refractivity contribution in [1.82, 2.24) is 5.32 Å². The van der Waals surface area contributed by atoms with Gasteiger partial charge in [-0.2, -0.15) is 0 Å². The Kier molecular flexibility index (Phi) is 5.70. The van der Waals surface area contributed by atoms with Crippen molar-refractivity contribution in [1.29, 1.82) is 0 Å². The minimum Gasteiger partial charge on any atom is -0.310 e. The maximum Gasteiger partial charge on any atom is 0.0346 e. The minimum absolute atomic E-state index is 0.499. The number of rotatable bonds is 6. The smallest absolute Gasteiger partial charge is 0.0346 e. The number of nitrogens with one attached hydrogen (secondary N) is 1. The average molecular weight is 233 g/mol. The Labute approximate surface area is 107 Å². The van der Waals surface area contributed by atoms with Gasteiger partial charge in [0.15, 0.2) is 0 Å². The summed E-state index contributed by atoms with van der Waals surface area (Å²) in [7, 11) is 0. The van der Waals surface area contributed by atoms with Gasteiger partial charge in [-0.3, -0.25) is 0 Å². The van der Waals surface area contributed by atoms with E-state index >= 15 is 0 Å². The Morgan fingerprint density at radius 1 is 1.06 bits per heavy atom. The molecule has 0 aliphatic carbocycles. The molecule has 0 aromatic heterocycles. The molecule has 0 saturated heterocycles. The summed E-state index contributed by atoms with van der Waals surface area (Å²) in [5.74, 6) is 0.696. The molecule has 0 fully saturated rings. The quantitative estimate of drug-likeness (QED) is 0.768. The fourth-order valence-electron chi connectivity index (χ4n) is 2.68. The summed E-state index contributed by atoms with van der Waals surface area (Å²) >= 11 is 0. The first kappa shape index (κ1) is 14.2. The van der Waals surface area contributed by atoms with Gasteiger partial charge in [0, 0.05) is 6.04 Å². The van der Waals surface area contributed by atoms with Gasteiger partial charge in [0.25, 0.3) is 0 Å². The predicted molar refractivity (Wildman–Crippen MR) is 76.4 cm³/mol. The number of hydrogen-bond acceptors (Lipinski definition) is 1. The van der Waals surface area contributed by atoms with E-state index in [1.54, 1.807) is 0 Å². The van der Waals surface area contributed by atoms with Crippen LogP contribution in [0.3, 0.4) is 0 Å². The third kappa shape index (κ3) is 4.16. The van der Waals surface area contributed by atoms with E-state index < -0.39 is 0 Å². The lowest BCUT2D eigenvalue weighted by Gasteiger charge is -2.26. The third-order valence-corrected chi connectivity index (χ3v) is 3.34. The van der Waals surface area contributed by atoms with E-state index in [0.29, 0.717) is 12.0 Å². The van der Waals surface area contributed by atoms with Gasteiger partial charge in [-0.05, 0) is 38.3 Å². The van der Waals surface area contributed by atoms with Crippen LogP contribution in [0.5, 0.6) is 0 Å². The highest BCUT2D eigenvalue weighted by molar-refractivity contribution is 5.31. The van der Waals surface area contributed by atoms with Crippen molar-refractivity contribution in [2.75, 3.05) is 6.54 Å². The van der Waals surface area contributed by atoms with Crippen LogP contribution < -0.4 is 5.32 Å². The molecule has 1 aromatic rings. The lowest BCUT2D eigenvalue weighted by Crippen LogP contribution is -2.27. The summed E-state index contributed by atoms with van der Waals surface area (Å²) < 4.78 is 0. The van der Waals surface area contributed by atoms with Gasteiger partial charge in [-0.25, -0.2) is 0 Å². The van der Waals surface area contributed by atoms with Crippen LogP contribution in [0.2, 0.25) is 0 Å². The van der Waals surface area contributed by atoms with E-state index in [-0.39, 0.29) is 0 Å². The molecule has 96 valence electrons. The van der Waals surface area contributed by atoms with Crippen LogP contribution in [0.1, 0.15) is 56.3 Å². The van der Waals surface area contributed by atoms with E-state index in [1.807, 2.05) is 0 Å². The summed E-state index contributed by atoms with van der Waals surface area (Å²) in [5, 5.41) is 3.64. The highest BCUT2D eigenvalue weighted by atomic mass is 14.9. The van der Waals surface area contributed by atoms with Crippen LogP contribution in [0, 0.1) is 19.8 Å². The molecule has 1 heteroatoms. The minimum atomic E-state index is 0.499. The zero-order valence-corrected chi connectivity index (χ0v) is 12.0. The molecule has 0 aliphatic heterocycles. The molecule has 1 nitrogen and oxygen atoms in total. The molecule has 2 unspecified atom stereocenters. The second kappa shape index (κ2) is 6.80. The second-order valence-electron chi connectivity index (χ2n) is 5.22. The molecular weight excluding hydrogens is 206 g/mol. The average Bonchev–Trinajstić information content (AvgIpc) is 2.24. The molecule has 1 aromatic carbocycles. The van der Waals surface area contributed by atoms with Crippen molar-refractivity contribution in [3.63, 3.8) is 0 Å². The summed E-state index contributed by atoms with van der Waals surface area (Å²) in [6, 6.07) is 7.40. The van der Waals surface area contributed by atoms with Crippen LogP contribution in [-0.4, -0.2) is 6.54 Å². The summed E-state index contributed by atoms with van der Waals surface area (Å²) in [6.45, 7) is 12.2. The Morgan fingerprint density at radius 3 is 2.12 bits per heavy atom. The van der Waals surface area contributed by atoms with Crippen LogP contribution in [0.4, 0.5) is 0 Å². The van der Waals surface area contributed by atoms with Crippen molar-refractivity contribution in [2.45, 2.75) is 53.5 Å². The number of aryl methyl sites for hydroxylation is 2. The first-order valence-electron chi connectivity index (χ1n) is 6.90. The molecule has 1 rings (SSSR count). The molecule has 2 atom stereocenters. The number of benzene rings is 1. The summed E-state index contributed by atoms with van der Waals surface area (Å²) in [6.07, 6.45) is 2.54. The molecule has 0 aliphatic rings. The van der Waals surface area contributed by atoms with Crippen LogP contribution >= 0.6 is 0 Å². The van der Waals surface area contributed by atoms with E-state index in [0.717, 1.165) is 6.54 Å². The van der Waals surface area contributed by atoms with Crippen molar-refractivity contribution < 1.29 is 0 Å². The third-order valence-electron chi connectivity index (χ3n) is 3.34. The second-order valence-corrected chi connectivity index (χ2v) is 5.22. The van der Waals surface area contributed by atoms with E-state index in [2.05, 4.69) is 58.1 Å².